The SMILES string of the molecule is CC(C)c1nc2nc([C@H](Cc3cc(F)cc(F)c3)NC(=O)Cn3nc(C(F)F)c4c3C(F)(F)[C@@H]3C=C[C@H]43)c(-c3ccc(Cl)c4c(NS(C)(=O)=O)nn(C)c34)cc2[nH]1. The number of allylic oxidation sites excluding steroid dienone is 2. The molecule has 6 aromatic rings. The third-order valence-electron chi connectivity index (χ3n) is 10.1. The molecule has 8 rings (SSSR count). The number of fused-ring (bicyclic) bond motifs is 5. The lowest BCUT2D eigenvalue weighted by Crippen LogP contribution is -2.35. The van der Waals surface area contributed by atoms with E-state index < -0.39 is 75.7 Å². The summed E-state index contributed by atoms with van der Waals surface area (Å²) in [5, 5.41) is 11.2. The molecule has 3 N–H and O–H groups in total. The molecule has 2 aromatic carbocycles. The smallest absolute Gasteiger partial charge is 0.296 e. The second kappa shape index (κ2) is 13.6. The number of aromatic nitrogens is 7. The minimum Gasteiger partial charge on any atom is -0.346 e. The van der Waals surface area contributed by atoms with Gasteiger partial charge in [-0.15, -0.1) is 0 Å². The van der Waals surface area contributed by atoms with Gasteiger partial charge in [-0.2, -0.15) is 19.0 Å². The molecule has 3 atom stereocenters. The number of H-pyrrole nitrogens is 1. The Kier molecular flexibility index (Phi) is 9.18. The van der Waals surface area contributed by atoms with Crippen molar-refractivity contribution in [1.29, 1.82) is 0 Å². The van der Waals surface area contributed by atoms with Crippen LogP contribution in [0.4, 0.5) is 32.2 Å². The first-order valence-corrected chi connectivity index (χ1v) is 19.8. The Morgan fingerprint density at radius 1 is 1.02 bits per heavy atom. The predicted molar refractivity (Wildman–Crippen MR) is 199 cm³/mol. The molecule has 0 fully saturated rings. The van der Waals surface area contributed by atoms with Gasteiger partial charge in [-0.05, 0) is 36.2 Å². The highest BCUT2D eigenvalue weighted by Crippen LogP contribution is 2.60. The fourth-order valence-electron chi connectivity index (χ4n) is 7.69. The average Bonchev–Trinajstić information content (AvgIpc) is 3.79. The molecule has 0 radical (unpaired) electrons. The number of amides is 1. The van der Waals surface area contributed by atoms with Crippen LogP contribution in [0.25, 0.3) is 33.2 Å². The fraction of sp³-hybridized carbons (Fsp3) is 0.324. The molecule has 20 heteroatoms. The lowest BCUT2D eigenvalue weighted by molar-refractivity contribution is -0.123. The summed E-state index contributed by atoms with van der Waals surface area (Å²) < 4.78 is 118. The van der Waals surface area contributed by atoms with Crippen LogP contribution in [0, 0.1) is 17.6 Å². The normalized spacial score (nSPS) is 17.7. The Labute approximate surface area is 325 Å². The Morgan fingerprint density at radius 3 is 2.37 bits per heavy atom. The highest BCUT2D eigenvalue weighted by Gasteiger charge is 2.60. The minimum atomic E-state index is -3.82. The lowest BCUT2D eigenvalue weighted by atomic mass is 9.81. The molecule has 298 valence electrons. The maximum Gasteiger partial charge on any atom is 0.296 e. The van der Waals surface area contributed by atoms with E-state index in [1.807, 2.05) is 13.8 Å². The monoisotopic (exact) mass is 831 g/mol. The number of hydrogen-bond donors (Lipinski definition) is 3. The van der Waals surface area contributed by atoms with Crippen molar-refractivity contribution in [3.63, 3.8) is 0 Å². The number of sulfonamides is 1. The molecule has 12 nitrogen and oxygen atoms in total. The number of rotatable bonds is 11. The van der Waals surface area contributed by atoms with Gasteiger partial charge in [-0.1, -0.05) is 43.7 Å². The third-order valence-corrected chi connectivity index (χ3v) is 11.0. The van der Waals surface area contributed by atoms with E-state index in [2.05, 4.69) is 30.2 Å². The largest absolute Gasteiger partial charge is 0.346 e. The van der Waals surface area contributed by atoms with Gasteiger partial charge >= 0.3 is 0 Å². The third kappa shape index (κ3) is 6.69. The van der Waals surface area contributed by atoms with Crippen molar-refractivity contribution >= 4 is 55.4 Å². The van der Waals surface area contributed by atoms with Crippen LogP contribution in [-0.2, 0) is 40.8 Å². The molecule has 0 aliphatic heterocycles. The molecule has 1 amide bonds. The first kappa shape index (κ1) is 38.4. The second-order valence-corrected chi connectivity index (χ2v) is 16.7. The van der Waals surface area contributed by atoms with E-state index in [0.717, 1.165) is 18.4 Å². The van der Waals surface area contributed by atoms with Gasteiger partial charge in [0.1, 0.15) is 35.4 Å². The molecule has 57 heavy (non-hydrogen) atoms. The predicted octanol–water partition coefficient (Wildman–Crippen LogP) is 7.55. The van der Waals surface area contributed by atoms with Gasteiger partial charge in [0.2, 0.25) is 15.9 Å². The molecular formula is C37H32ClF6N9O3S. The molecule has 0 unspecified atom stereocenters. The van der Waals surface area contributed by atoms with Crippen molar-refractivity contribution in [1.82, 2.24) is 39.8 Å². The lowest BCUT2D eigenvalue weighted by Gasteiger charge is -2.27. The molecule has 0 bridgehead atoms. The van der Waals surface area contributed by atoms with Crippen molar-refractivity contribution < 1.29 is 39.6 Å². The zero-order valence-electron chi connectivity index (χ0n) is 30.4. The first-order chi connectivity index (χ1) is 26.8. The summed E-state index contributed by atoms with van der Waals surface area (Å²) in [6.45, 7) is 2.88. The number of aromatic amines is 1. The number of imidazole rings is 1. The topological polar surface area (TPSA) is 152 Å². The molecular weight excluding hydrogens is 800 g/mol. The summed E-state index contributed by atoms with van der Waals surface area (Å²) in [4.78, 5) is 26.7. The summed E-state index contributed by atoms with van der Waals surface area (Å²) in [6.07, 6.45) is 0.0810. The summed E-state index contributed by atoms with van der Waals surface area (Å²) >= 11 is 6.63. The van der Waals surface area contributed by atoms with Crippen LogP contribution in [0.15, 0.2) is 48.6 Å². The summed E-state index contributed by atoms with van der Waals surface area (Å²) in [7, 11) is -2.27. The number of benzene rings is 2. The van der Waals surface area contributed by atoms with Gasteiger partial charge in [0.15, 0.2) is 11.5 Å². The number of alkyl halides is 4. The van der Waals surface area contributed by atoms with E-state index in [1.54, 1.807) is 19.2 Å². The number of nitrogens with one attached hydrogen (secondary N) is 3. The summed E-state index contributed by atoms with van der Waals surface area (Å²) in [6, 6.07) is 6.30. The van der Waals surface area contributed by atoms with E-state index in [-0.39, 0.29) is 51.0 Å². The molecule has 4 aromatic heterocycles. The standard InChI is InChI=1S/C37H32ClF6N9O3S/c1-15(2)34-46-25-13-21(19-6-8-23(38)28-31(19)52(3)50-36(28)51-57(4,55)56)29(47-35(25)48-34)24(11-16-9-17(39)12-18(40)10-16)45-26(54)14-53-32-27(30(49-53)33(41)42)20-5-7-22(20)37(32,43)44/h5-10,12-13,15,20,22,24,33H,11,14H2,1-4H3,(H,45,54)(H,50,51)(H,46,47,48)/t20-,22+,24-/m0/s1. The number of anilines is 1. The number of aryl methyl sites for hydroxylation is 1. The Morgan fingerprint density at radius 2 is 1.74 bits per heavy atom. The van der Waals surface area contributed by atoms with Crippen LogP contribution < -0.4 is 10.0 Å². The van der Waals surface area contributed by atoms with Crippen molar-refractivity contribution in [2.75, 3.05) is 11.0 Å². The summed E-state index contributed by atoms with van der Waals surface area (Å²) in [5.74, 6) is -8.30. The summed E-state index contributed by atoms with van der Waals surface area (Å²) in [5.41, 5.74) is -0.0921. The fourth-order valence-corrected chi connectivity index (χ4v) is 8.43. The highest BCUT2D eigenvalue weighted by atomic mass is 35.5. The highest BCUT2D eigenvalue weighted by molar-refractivity contribution is 7.92. The van der Waals surface area contributed by atoms with Crippen molar-refractivity contribution in [3.05, 3.63) is 99.2 Å². The zero-order valence-corrected chi connectivity index (χ0v) is 32.0. The van der Waals surface area contributed by atoms with Crippen molar-refractivity contribution in [2.24, 2.45) is 13.0 Å². The number of pyridine rings is 1. The van der Waals surface area contributed by atoms with Crippen LogP contribution in [0.5, 0.6) is 0 Å². The average molecular weight is 832 g/mol. The molecule has 0 spiro atoms. The van der Waals surface area contributed by atoms with E-state index in [9.17, 15) is 30.8 Å². The van der Waals surface area contributed by atoms with Gasteiger partial charge in [-0.25, -0.2) is 35.9 Å². The van der Waals surface area contributed by atoms with E-state index >= 15 is 8.78 Å². The molecule has 0 saturated carbocycles. The number of carbonyl (C=O) groups is 1. The van der Waals surface area contributed by atoms with Crippen LogP contribution >= 0.6 is 11.6 Å². The van der Waals surface area contributed by atoms with Crippen LogP contribution in [0.1, 0.15) is 72.2 Å². The van der Waals surface area contributed by atoms with Crippen molar-refractivity contribution in [3.8, 4) is 11.1 Å². The molecule has 0 saturated heterocycles. The number of halogens is 7. The van der Waals surface area contributed by atoms with E-state index in [1.165, 1.54) is 22.9 Å². The number of carbonyl (C=O) groups excluding carboxylic acids is 1. The van der Waals surface area contributed by atoms with Gasteiger partial charge < -0.3 is 10.3 Å². The Hall–Kier alpha value is -5.43. The van der Waals surface area contributed by atoms with Crippen LogP contribution in [0.3, 0.4) is 0 Å². The van der Waals surface area contributed by atoms with Crippen molar-refractivity contribution in [2.45, 2.75) is 57.0 Å². The van der Waals surface area contributed by atoms with Gasteiger partial charge in [-0.3, -0.25) is 18.9 Å². The number of nitrogens with zero attached hydrogens (tertiary/aromatic N) is 6. The molecule has 4 heterocycles. The maximum absolute atomic E-state index is 15.6. The number of hydrogen-bond acceptors (Lipinski definition) is 7. The van der Waals surface area contributed by atoms with Gasteiger partial charge in [0.25, 0.3) is 12.3 Å². The Bertz CT molecular complexity index is 2760. The Balaban J connectivity index is 1.30. The van der Waals surface area contributed by atoms with Gasteiger partial charge in [0, 0.05) is 41.6 Å². The minimum absolute atomic E-state index is 0.0727. The quantitative estimate of drug-likeness (QED) is 0.0901. The second-order valence-electron chi connectivity index (χ2n) is 14.5. The first-order valence-electron chi connectivity index (χ1n) is 17.5. The van der Waals surface area contributed by atoms with Gasteiger partial charge in [0.05, 0.1) is 45.4 Å². The van der Waals surface area contributed by atoms with E-state index in [4.69, 9.17) is 16.6 Å². The van der Waals surface area contributed by atoms with Crippen LogP contribution in [-0.4, -0.2) is 55.1 Å². The van der Waals surface area contributed by atoms with E-state index in [0.29, 0.717) is 38.7 Å². The van der Waals surface area contributed by atoms with Crippen LogP contribution in [0.2, 0.25) is 5.02 Å². The molecule has 2 aliphatic rings. The molecule has 2 aliphatic carbocycles. The zero-order chi connectivity index (χ0) is 40.9. The maximum atomic E-state index is 15.6.